The number of rotatable bonds is 6. The van der Waals surface area contributed by atoms with Crippen molar-refractivity contribution in [3.8, 4) is 17.2 Å². The molecule has 192 valence electrons. The Balaban J connectivity index is 1.37. The normalized spacial score (nSPS) is 19.2. The largest absolute Gasteiger partial charge is 0.484 e. The molecule has 3 aromatic rings. The molecule has 2 saturated heterocycles. The number of halogens is 1. The number of likely N-dealkylation sites (tertiary alicyclic amines) is 1. The fourth-order valence-corrected chi connectivity index (χ4v) is 4.72. The molecule has 3 heterocycles. The van der Waals surface area contributed by atoms with Gasteiger partial charge in [-0.25, -0.2) is 9.69 Å². The number of hydrogen-bond donors (Lipinski definition) is 1. The van der Waals surface area contributed by atoms with Gasteiger partial charge in [0.25, 0.3) is 17.7 Å². The Morgan fingerprint density at radius 3 is 2.70 bits per heavy atom. The molecule has 2 aliphatic rings. The van der Waals surface area contributed by atoms with Crippen molar-refractivity contribution in [3.05, 3.63) is 59.4 Å². The second-order valence-corrected chi connectivity index (χ2v) is 9.93. The van der Waals surface area contributed by atoms with Gasteiger partial charge in [0, 0.05) is 6.54 Å². The van der Waals surface area contributed by atoms with Gasteiger partial charge in [0.2, 0.25) is 0 Å². The predicted octanol–water partition coefficient (Wildman–Crippen LogP) is 4.36. The molecule has 1 atom stereocenters. The number of amides is 4. The number of para-hydroxylation sites is 1. The van der Waals surface area contributed by atoms with E-state index in [1.54, 1.807) is 49.1 Å². The summed E-state index contributed by atoms with van der Waals surface area (Å²) in [5.41, 5.74) is -0.306. The van der Waals surface area contributed by atoms with Gasteiger partial charge >= 0.3 is 6.03 Å². The molecule has 10 nitrogen and oxygen atoms in total. The molecule has 11 heteroatoms. The first-order chi connectivity index (χ1) is 17.7. The summed E-state index contributed by atoms with van der Waals surface area (Å²) in [7, 11) is 0. The molecule has 0 spiro atoms. The fourth-order valence-electron chi connectivity index (χ4n) is 4.52. The monoisotopic (exact) mass is 523 g/mol. The molecule has 1 N–H and O–H groups in total. The topological polar surface area (TPSA) is 118 Å². The number of ether oxygens (including phenoxy) is 1. The van der Waals surface area contributed by atoms with Crippen LogP contribution in [-0.4, -0.2) is 51.6 Å². The number of nitrogens with one attached hydrogen (secondary N) is 1. The Morgan fingerprint density at radius 1 is 1.19 bits per heavy atom. The van der Waals surface area contributed by atoms with E-state index in [0.29, 0.717) is 40.8 Å². The smallest absolute Gasteiger partial charge is 0.329 e. The first-order valence-electron chi connectivity index (χ1n) is 12.0. The maximum Gasteiger partial charge on any atom is 0.329 e. The van der Waals surface area contributed by atoms with Crippen LogP contribution < -0.4 is 15.0 Å². The average molecular weight is 524 g/mol. The van der Waals surface area contributed by atoms with E-state index in [4.69, 9.17) is 20.9 Å². The Morgan fingerprint density at radius 2 is 1.97 bits per heavy atom. The summed E-state index contributed by atoms with van der Waals surface area (Å²) in [5, 5.41) is 7.12. The van der Waals surface area contributed by atoms with Gasteiger partial charge in [-0.1, -0.05) is 35.0 Å². The van der Waals surface area contributed by atoms with E-state index in [1.807, 2.05) is 18.2 Å². The number of piperidine rings is 1. The number of anilines is 1. The average Bonchev–Trinajstić information content (AvgIpc) is 3.45. The lowest BCUT2D eigenvalue weighted by Gasteiger charge is -2.33. The molecular formula is C26H26ClN5O5. The van der Waals surface area contributed by atoms with E-state index >= 15 is 0 Å². The highest BCUT2D eigenvalue weighted by atomic mass is 35.5. The zero-order valence-corrected chi connectivity index (χ0v) is 21.2. The first kappa shape index (κ1) is 24.8. The molecule has 0 aliphatic carbocycles. The SMILES string of the molecule is CC1(C)NC(=O)N(c2ccc(Cl)c(-c3nc([C@H]4CCCCN4C(=O)COc4ccccc4)no3)c2)C1=O. The predicted molar refractivity (Wildman–Crippen MR) is 135 cm³/mol. The minimum Gasteiger partial charge on any atom is -0.484 e. The van der Waals surface area contributed by atoms with Crippen molar-refractivity contribution in [2.45, 2.75) is 44.7 Å². The number of nitrogens with zero attached hydrogens (tertiary/aromatic N) is 4. The van der Waals surface area contributed by atoms with Crippen LogP contribution in [0, 0.1) is 0 Å². The second kappa shape index (κ2) is 9.85. The number of hydrogen-bond acceptors (Lipinski definition) is 7. The first-order valence-corrected chi connectivity index (χ1v) is 12.4. The summed E-state index contributed by atoms with van der Waals surface area (Å²) in [6.45, 7) is 3.73. The zero-order chi connectivity index (χ0) is 26.2. The van der Waals surface area contributed by atoms with Crippen molar-refractivity contribution in [3.63, 3.8) is 0 Å². The number of carbonyl (C=O) groups is 3. The molecule has 37 heavy (non-hydrogen) atoms. The van der Waals surface area contributed by atoms with E-state index < -0.39 is 11.6 Å². The van der Waals surface area contributed by atoms with Gasteiger partial charge in [0.05, 0.1) is 22.3 Å². The van der Waals surface area contributed by atoms with E-state index in [1.165, 1.54) is 0 Å². The zero-order valence-electron chi connectivity index (χ0n) is 20.4. The molecule has 0 saturated carbocycles. The van der Waals surface area contributed by atoms with Crippen molar-refractivity contribution in [1.82, 2.24) is 20.4 Å². The van der Waals surface area contributed by atoms with Crippen molar-refractivity contribution >= 4 is 35.1 Å². The van der Waals surface area contributed by atoms with E-state index in [9.17, 15) is 14.4 Å². The van der Waals surface area contributed by atoms with Crippen LogP contribution in [0.2, 0.25) is 5.02 Å². The van der Waals surface area contributed by atoms with Gasteiger partial charge in [-0.05, 0) is 63.4 Å². The van der Waals surface area contributed by atoms with Gasteiger partial charge in [-0.2, -0.15) is 4.98 Å². The van der Waals surface area contributed by atoms with Crippen LogP contribution >= 0.6 is 11.6 Å². The van der Waals surface area contributed by atoms with Crippen molar-refractivity contribution in [2.24, 2.45) is 0 Å². The molecule has 2 fully saturated rings. The summed E-state index contributed by atoms with van der Waals surface area (Å²) in [6.07, 6.45) is 2.46. The minimum absolute atomic E-state index is 0.0959. The molecule has 2 aromatic carbocycles. The number of benzene rings is 2. The second-order valence-electron chi connectivity index (χ2n) is 9.52. The molecule has 4 amide bonds. The van der Waals surface area contributed by atoms with Crippen molar-refractivity contribution in [1.29, 1.82) is 0 Å². The highest BCUT2D eigenvalue weighted by Crippen LogP contribution is 2.35. The number of imide groups is 1. The maximum absolute atomic E-state index is 13.0. The number of aromatic nitrogens is 2. The van der Waals surface area contributed by atoms with Crippen LogP contribution in [0.3, 0.4) is 0 Å². The Labute approximate surface area is 218 Å². The van der Waals surface area contributed by atoms with Crippen LogP contribution in [0.15, 0.2) is 53.1 Å². The summed E-state index contributed by atoms with van der Waals surface area (Å²) in [4.78, 5) is 45.5. The highest BCUT2D eigenvalue weighted by molar-refractivity contribution is 6.33. The maximum atomic E-state index is 13.0. The Kier molecular flexibility index (Phi) is 6.59. The molecule has 2 aliphatic heterocycles. The van der Waals surface area contributed by atoms with Gasteiger partial charge in [0.1, 0.15) is 11.3 Å². The van der Waals surface area contributed by atoms with Crippen molar-refractivity contribution in [2.75, 3.05) is 18.1 Å². The van der Waals surface area contributed by atoms with E-state index in [0.717, 1.165) is 17.7 Å². The summed E-state index contributed by atoms with van der Waals surface area (Å²) in [5.74, 6) is 0.563. The van der Waals surface area contributed by atoms with Crippen LogP contribution in [-0.2, 0) is 9.59 Å². The number of urea groups is 1. The lowest BCUT2D eigenvalue weighted by atomic mass is 10.0. The van der Waals surface area contributed by atoms with Gasteiger partial charge in [0.15, 0.2) is 12.4 Å². The Hall–Kier alpha value is -3.92. The molecule has 5 rings (SSSR count). The van der Waals surface area contributed by atoms with Crippen LogP contribution in [0.4, 0.5) is 10.5 Å². The lowest BCUT2D eigenvalue weighted by molar-refractivity contribution is -0.137. The van der Waals surface area contributed by atoms with E-state index in [2.05, 4.69) is 15.5 Å². The minimum atomic E-state index is -1.02. The molecule has 0 unspecified atom stereocenters. The van der Waals surface area contributed by atoms with Gasteiger partial charge in [-0.3, -0.25) is 9.59 Å². The van der Waals surface area contributed by atoms with Crippen LogP contribution in [0.25, 0.3) is 11.5 Å². The van der Waals surface area contributed by atoms with Crippen molar-refractivity contribution < 1.29 is 23.6 Å². The summed E-state index contributed by atoms with van der Waals surface area (Å²) in [6, 6.07) is 13.0. The highest BCUT2D eigenvalue weighted by Gasteiger charge is 2.45. The molecule has 0 bridgehead atoms. The van der Waals surface area contributed by atoms with Crippen LogP contribution in [0.1, 0.15) is 45.0 Å². The Bertz CT molecular complexity index is 1340. The third-order valence-electron chi connectivity index (χ3n) is 6.47. The third kappa shape index (κ3) is 4.89. The summed E-state index contributed by atoms with van der Waals surface area (Å²) < 4.78 is 11.2. The molecule has 1 aromatic heterocycles. The quantitative estimate of drug-likeness (QED) is 0.477. The molecule has 0 radical (unpaired) electrons. The van der Waals surface area contributed by atoms with E-state index in [-0.39, 0.29) is 30.4 Å². The fraction of sp³-hybridized carbons (Fsp3) is 0.346. The number of carbonyl (C=O) groups excluding carboxylic acids is 3. The van der Waals surface area contributed by atoms with Gasteiger partial charge in [-0.15, -0.1) is 0 Å². The van der Waals surface area contributed by atoms with Gasteiger partial charge < -0.3 is 19.5 Å². The molecular weight excluding hydrogens is 498 g/mol. The standard InChI is InChI=1S/C26H26ClN5O5/c1-26(2)24(34)32(25(35)29-26)16-11-12-19(27)18(14-16)23-28-22(30-37-23)20-10-6-7-13-31(20)21(33)15-36-17-8-4-3-5-9-17/h3-5,8-9,11-12,14,20H,6-7,10,13,15H2,1-2H3,(H,29,35)/t20-/m1/s1. The summed E-state index contributed by atoms with van der Waals surface area (Å²) >= 11 is 6.43. The lowest BCUT2D eigenvalue weighted by Crippen LogP contribution is -2.41. The van der Waals surface area contributed by atoms with Crippen LogP contribution in [0.5, 0.6) is 5.75 Å². The third-order valence-corrected chi connectivity index (χ3v) is 6.80.